The maximum absolute atomic E-state index is 12.5. The number of thiophene rings is 1. The second-order valence-corrected chi connectivity index (χ2v) is 8.38. The number of aryl methyl sites for hydroxylation is 1. The summed E-state index contributed by atoms with van der Waals surface area (Å²) in [6, 6.07) is 4.15. The van der Waals surface area contributed by atoms with E-state index in [1.165, 1.54) is 4.88 Å². The molecule has 0 saturated carbocycles. The molecule has 136 valence electrons. The summed E-state index contributed by atoms with van der Waals surface area (Å²) in [5, 5.41) is 4.15. The maximum Gasteiger partial charge on any atom is 0.222 e. The molecule has 1 aliphatic heterocycles. The van der Waals surface area contributed by atoms with E-state index in [9.17, 15) is 4.79 Å². The van der Waals surface area contributed by atoms with E-state index >= 15 is 0 Å². The smallest absolute Gasteiger partial charge is 0.222 e. The molecule has 0 radical (unpaired) electrons. The van der Waals surface area contributed by atoms with Crippen LogP contribution in [0.4, 0.5) is 0 Å². The van der Waals surface area contributed by atoms with Crippen LogP contribution in [0.15, 0.2) is 40.8 Å². The van der Waals surface area contributed by atoms with Crippen molar-refractivity contribution >= 4 is 28.6 Å². The fourth-order valence-electron chi connectivity index (χ4n) is 3.53. The maximum atomic E-state index is 12.5. The lowest BCUT2D eigenvalue weighted by molar-refractivity contribution is -0.132. The first-order valence-corrected chi connectivity index (χ1v) is 10.8. The summed E-state index contributed by atoms with van der Waals surface area (Å²) in [5.74, 6) is 1.83. The van der Waals surface area contributed by atoms with Gasteiger partial charge in [0, 0.05) is 48.1 Å². The summed E-state index contributed by atoms with van der Waals surface area (Å²) in [4.78, 5) is 24.8. The van der Waals surface area contributed by atoms with Gasteiger partial charge in [0.15, 0.2) is 0 Å². The lowest BCUT2D eigenvalue weighted by atomic mass is 9.95. The van der Waals surface area contributed by atoms with Gasteiger partial charge in [-0.2, -0.15) is 0 Å². The summed E-state index contributed by atoms with van der Waals surface area (Å²) < 4.78 is 2.20. The molecular formula is C19H22N4OS2. The molecule has 0 bridgehead atoms. The zero-order valence-electron chi connectivity index (χ0n) is 14.6. The third-order valence-electron chi connectivity index (χ3n) is 4.94. The highest BCUT2D eigenvalue weighted by molar-refractivity contribution is 7.09. The van der Waals surface area contributed by atoms with Crippen molar-refractivity contribution in [2.75, 3.05) is 13.1 Å². The standard InChI is InChI=1S/C19H22N4OS2/c24-18(4-3-17-2-1-11-26-17)22-8-5-15(6-9-22)19-20-7-10-23(19)12-16-13-25-14-21-16/h1-2,7,10-11,13-15H,3-6,8-9,12H2. The number of piperidine rings is 1. The summed E-state index contributed by atoms with van der Waals surface area (Å²) >= 11 is 3.35. The number of likely N-dealkylation sites (tertiary alicyclic amines) is 1. The summed E-state index contributed by atoms with van der Waals surface area (Å²) in [5.41, 5.74) is 2.95. The van der Waals surface area contributed by atoms with Crippen LogP contribution in [-0.2, 0) is 17.8 Å². The van der Waals surface area contributed by atoms with Crippen LogP contribution in [0.3, 0.4) is 0 Å². The Balaban J connectivity index is 1.31. The third-order valence-corrected chi connectivity index (χ3v) is 6.51. The predicted octanol–water partition coefficient (Wildman–Crippen LogP) is 3.79. The highest BCUT2D eigenvalue weighted by Crippen LogP contribution is 2.28. The number of amides is 1. The largest absolute Gasteiger partial charge is 0.343 e. The zero-order chi connectivity index (χ0) is 17.8. The quantitative estimate of drug-likeness (QED) is 0.648. The van der Waals surface area contributed by atoms with Crippen LogP contribution in [-0.4, -0.2) is 38.4 Å². The Labute approximate surface area is 161 Å². The highest BCUT2D eigenvalue weighted by Gasteiger charge is 2.26. The minimum Gasteiger partial charge on any atom is -0.343 e. The molecule has 7 heteroatoms. The van der Waals surface area contributed by atoms with E-state index in [2.05, 4.69) is 31.4 Å². The molecule has 0 aliphatic carbocycles. The van der Waals surface area contributed by atoms with Crippen LogP contribution in [0.1, 0.15) is 41.6 Å². The monoisotopic (exact) mass is 386 g/mol. The van der Waals surface area contributed by atoms with Crippen LogP contribution in [0.25, 0.3) is 0 Å². The number of hydrogen-bond donors (Lipinski definition) is 0. The summed E-state index contributed by atoms with van der Waals surface area (Å²) in [6.07, 6.45) is 7.35. The summed E-state index contributed by atoms with van der Waals surface area (Å²) in [6.45, 7) is 2.44. The Morgan fingerprint density at radius 1 is 1.27 bits per heavy atom. The predicted molar refractivity (Wildman–Crippen MR) is 105 cm³/mol. The highest BCUT2D eigenvalue weighted by atomic mass is 32.1. The van der Waals surface area contributed by atoms with E-state index in [0.717, 1.165) is 50.4 Å². The van der Waals surface area contributed by atoms with Crippen LogP contribution in [0.2, 0.25) is 0 Å². The van der Waals surface area contributed by atoms with E-state index < -0.39 is 0 Å². The molecule has 26 heavy (non-hydrogen) atoms. The average Bonchev–Trinajstić information content (AvgIpc) is 3.43. The molecular weight excluding hydrogens is 364 g/mol. The average molecular weight is 387 g/mol. The molecule has 3 aromatic rings. The first-order chi connectivity index (χ1) is 12.8. The fraction of sp³-hybridized carbons (Fsp3) is 0.421. The molecule has 0 unspecified atom stereocenters. The molecule has 3 aromatic heterocycles. The van der Waals surface area contributed by atoms with E-state index in [4.69, 9.17) is 0 Å². The zero-order valence-corrected chi connectivity index (χ0v) is 16.2. The molecule has 1 fully saturated rings. The first-order valence-electron chi connectivity index (χ1n) is 8.98. The number of rotatable bonds is 6. The van der Waals surface area contributed by atoms with E-state index in [1.54, 1.807) is 22.7 Å². The molecule has 0 spiro atoms. The first kappa shape index (κ1) is 17.4. The third kappa shape index (κ3) is 4.04. The Kier molecular flexibility index (Phi) is 5.45. The molecule has 1 amide bonds. The van der Waals surface area contributed by atoms with Crippen molar-refractivity contribution in [3.05, 3.63) is 57.2 Å². The van der Waals surface area contributed by atoms with Gasteiger partial charge in [-0.05, 0) is 30.7 Å². The van der Waals surface area contributed by atoms with Crippen molar-refractivity contribution in [3.63, 3.8) is 0 Å². The van der Waals surface area contributed by atoms with Crippen molar-refractivity contribution in [3.8, 4) is 0 Å². The topological polar surface area (TPSA) is 51.0 Å². The molecule has 0 atom stereocenters. The minimum absolute atomic E-state index is 0.280. The molecule has 4 rings (SSSR count). The van der Waals surface area contributed by atoms with E-state index in [0.29, 0.717) is 12.3 Å². The number of imidazole rings is 1. The Hall–Kier alpha value is -1.99. The van der Waals surface area contributed by atoms with Crippen molar-refractivity contribution in [2.45, 2.75) is 38.1 Å². The van der Waals surface area contributed by atoms with E-state index in [1.807, 2.05) is 28.9 Å². The van der Waals surface area contributed by atoms with Gasteiger partial charge in [0.25, 0.3) is 0 Å². The lowest BCUT2D eigenvalue weighted by Gasteiger charge is -2.32. The van der Waals surface area contributed by atoms with Gasteiger partial charge < -0.3 is 9.47 Å². The molecule has 1 saturated heterocycles. The molecule has 0 N–H and O–H groups in total. The molecule has 5 nitrogen and oxygen atoms in total. The van der Waals surface area contributed by atoms with Crippen LogP contribution >= 0.6 is 22.7 Å². The van der Waals surface area contributed by atoms with Gasteiger partial charge in [-0.15, -0.1) is 22.7 Å². The van der Waals surface area contributed by atoms with Gasteiger partial charge in [0.2, 0.25) is 5.91 Å². The SMILES string of the molecule is O=C(CCc1cccs1)N1CCC(c2nccn2Cc2cscn2)CC1. The number of carbonyl (C=O) groups excluding carboxylic acids is 1. The molecule has 4 heterocycles. The Morgan fingerprint density at radius 2 is 2.15 bits per heavy atom. The van der Waals surface area contributed by atoms with Gasteiger partial charge in [-0.3, -0.25) is 4.79 Å². The van der Waals surface area contributed by atoms with Gasteiger partial charge in [0.05, 0.1) is 17.7 Å². The lowest BCUT2D eigenvalue weighted by Crippen LogP contribution is -2.38. The Bertz CT molecular complexity index is 818. The van der Waals surface area contributed by atoms with Crippen LogP contribution < -0.4 is 0 Å². The molecule has 1 aliphatic rings. The van der Waals surface area contributed by atoms with Gasteiger partial charge in [-0.1, -0.05) is 6.07 Å². The Morgan fingerprint density at radius 3 is 2.88 bits per heavy atom. The second-order valence-electron chi connectivity index (χ2n) is 6.63. The van der Waals surface area contributed by atoms with Gasteiger partial charge >= 0.3 is 0 Å². The van der Waals surface area contributed by atoms with Crippen molar-refractivity contribution in [1.82, 2.24) is 19.4 Å². The normalized spacial score (nSPS) is 15.5. The number of thiazole rings is 1. The van der Waals surface area contributed by atoms with Crippen LogP contribution in [0, 0.1) is 0 Å². The van der Waals surface area contributed by atoms with Crippen molar-refractivity contribution < 1.29 is 4.79 Å². The number of nitrogens with zero attached hydrogens (tertiary/aromatic N) is 4. The minimum atomic E-state index is 0.280. The number of carbonyl (C=O) groups is 1. The van der Waals surface area contributed by atoms with Crippen molar-refractivity contribution in [1.29, 1.82) is 0 Å². The van der Waals surface area contributed by atoms with Crippen LogP contribution in [0.5, 0.6) is 0 Å². The number of hydrogen-bond acceptors (Lipinski definition) is 5. The summed E-state index contributed by atoms with van der Waals surface area (Å²) in [7, 11) is 0. The number of aromatic nitrogens is 3. The second kappa shape index (κ2) is 8.14. The van der Waals surface area contributed by atoms with Gasteiger partial charge in [-0.25, -0.2) is 9.97 Å². The van der Waals surface area contributed by atoms with Gasteiger partial charge in [0.1, 0.15) is 5.82 Å². The fourth-order valence-corrected chi connectivity index (χ4v) is 4.79. The van der Waals surface area contributed by atoms with Crippen molar-refractivity contribution in [2.24, 2.45) is 0 Å². The molecule has 0 aromatic carbocycles. The van der Waals surface area contributed by atoms with E-state index in [-0.39, 0.29) is 5.91 Å².